The molecule has 1 aliphatic carbocycles. The molecule has 8 heteroatoms. The van der Waals surface area contributed by atoms with Crippen molar-refractivity contribution >= 4 is 24.7 Å². The molecule has 0 radical (unpaired) electrons. The molecule has 0 bridgehead atoms. The SMILES string of the molecule is C/C=C(\C)N1CCc2ccc(N(C=O)CC(C#N)OC)cc2CC1.C=C(CC=O)N(/C=C(\C)C=O)C1CC1.CC.CCC. The zero-order chi connectivity index (χ0) is 32.8. The van der Waals surface area contributed by atoms with Crippen LogP contribution in [0.4, 0.5) is 5.69 Å². The number of benzene rings is 1. The van der Waals surface area contributed by atoms with Gasteiger partial charge in [0.25, 0.3) is 0 Å². The molecule has 1 fully saturated rings. The number of rotatable bonds is 12. The first-order valence-electron chi connectivity index (χ1n) is 15.4. The van der Waals surface area contributed by atoms with Crippen LogP contribution in [0, 0.1) is 11.3 Å². The van der Waals surface area contributed by atoms with E-state index in [0.29, 0.717) is 18.0 Å². The van der Waals surface area contributed by atoms with Crippen molar-refractivity contribution in [1.82, 2.24) is 9.80 Å². The van der Waals surface area contributed by atoms with Crippen LogP contribution in [-0.2, 0) is 32.0 Å². The highest BCUT2D eigenvalue weighted by molar-refractivity contribution is 5.76. The normalized spacial score (nSPS) is 14.7. The molecule has 43 heavy (non-hydrogen) atoms. The zero-order valence-electron chi connectivity index (χ0n) is 27.8. The first-order chi connectivity index (χ1) is 20.7. The number of hydrogen-bond acceptors (Lipinski definition) is 7. The minimum absolute atomic E-state index is 0.235. The van der Waals surface area contributed by atoms with Crippen molar-refractivity contribution in [3.63, 3.8) is 0 Å². The van der Waals surface area contributed by atoms with Crippen molar-refractivity contribution in [3.8, 4) is 6.07 Å². The average molecular weight is 595 g/mol. The summed E-state index contributed by atoms with van der Waals surface area (Å²) < 4.78 is 5.06. The molecule has 0 N–H and O–H groups in total. The van der Waals surface area contributed by atoms with Gasteiger partial charge >= 0.3 is 0 Å². The van der Waals surface area contributed by atoms with Crippen molar-refractivity contribution in [3.05, 3.63) is 65.1 Å². The molecule has 1 aromatic rings. The molecule has 1 saturated carbocycles. The molecule has 1 atom stereocenters. The van der Waals surface area contributed by atoms with E-state index in [1.165, 1.54) is 35.3 Å². The Balaban J connectivity index is 0.000000787. The number of amides is 1. The van der Waals surface area contributed by atoms with Crippen LogP contribution in [0.15, 0.2) is 54.0 Å². The molecule has 3 rings (SSSR count). The van der Waals surface area contributed by atoms with E-state index in [-0.39, 0.29) is 6.54 Å². The van der Waals surface area contributed by atoms with Gasteiger partial charge in [-0.2, -0.15) is 5.26 Å². The number of aldehydes is 2. The number of ether oxygens (including phenoxy) is 1. The zero-order valence-corrected chi connectivity index (χ0v) is 27.8. The van der Waals surface area contributed by atoms with E-state index in [0.717, 1.165) is 69.1 Å². The van der Waals surface area contributed by atoms with Crippen molar-refractivity contribution in [2.45, 2.75) is 99.1 Å². The summed E-state index contributed by atoms with van der Waals surface area (Å²) in [6.07, 6.45) is 11.5. The molecule has 238 valence electrons. The average Bonchev–Trinajstić information content (AvgIpc) is 3.89. The monoisotopic (exact) mass is 594 g/mol. The predicted octanol–water partition coefficient (Wildman–Crippen LogP) is 6.61. The third kappa shape index (κ3) is 14.4. The summed E-state index contributed by atoms with van der Waals surface area (Å²) in [6.45, 7) is 20.3. The number of anilines is 1. The maximum atomic E-state index is 11.4. The Morgan fingerprint density at radius 3 is 2.21 bits per heavy atom. The lowest BCUT2D eigenvalue weighted by Gasteiger charge is -2.22. The topological polar surface area (TPSA) is 94.0 Å². The number of methoxy groups -OCH3 is 1. The largest absolute Gasteiger partial charge is 0.375 e. The molecule has 1 unspecified atom stereocenters. The van der Waals surface area contributed by atoms with Crippen molar-refractivity contribution in [1.29, 1.82) is 5.26 Å². The van der Waals surface area contributed by atoms with Crippen LogP contribution in [0.3, 0.4) is 0 Å². The van der Waals surface area contributed by atoms with Crippen molar-refractivity contribution in [2.24, 2.45) is 0 Å². The minimum Gasteiger partial charge on any atom is -0.375 e. The molecule has 0 spiro atoms. The highest BCUT2D eigenvalue weighted by Crippen LogP contribution is 2.31. The smallest absolute Gasteiger partial charge is 0.214 e. The molecule has 1 aromatic carbocycles. The van der Waals surface area contributed by atoms with Gasteiger partial charge in [0.05, 0.1) is 12.6 Å². The van der Waals surface area contributed by atoms with E-state index in [2.05, 4.69) is 57.4 Å². The Bertz CT molecular complexity index is 1100. The first kappa shape index (κ1) is 39.3. The number of allylic oxidation sites excluding steroid dienone is 4. The van der Waals surface area contributed by atoms with Gasteiger partial charge < -0.3 is 24.2 Å². The van der Waals surface area contributed by atoms with Crippen LogP contribution >= 0.6 is 0 Å². The summed E-state index contributed by atoms with van der Waals surface area (Å²) in [6, 6.07) is 8.62. The van der Waals surface area contributed by atoms with Crippen molar-refractivity contribution < 1.29 is 19.1 Å². The summed E-state index contributed by atoms with van der Waals surface area (Å²) in [5.41, 5.74) is 6.15. The number of nitrogens with zero attached hydrogens (tertiary/aromatic N) is 4. The Morgan fingerprint density at radius 2 is 1.74 bits per heavy atom. The second kappa shape index (κ2) is 22.8. The van der Waals surface area contributed by atoms with Gasteiger partial charge in [-0.05, 0) is 69.7 Å². The van der Waals surface area contributed by atoms with Gasteiger partial charge in [0.2, 0.25) is 6.41 Å². The van der Waals surface area contributed by atoms with Gasteiger partial charge in [0.1, 0.15) is 12.6 Å². The van der Waals surface area contributed by atoms with Crippen LogP contribution in [-0.4, -0.2) is 67.7 Å². The fraction of sp³-hybridized carbons (Fsp3) is 0.543. The lowest BCUT2D eigenvalue weighted by molar-refractivity contribution is -0.108. The summed E-state index contributed by atoms with van der Waals surface area (Å²) in [4.78, 5) is 38.1. The second-order valence-electron chi connectivity index (χ2n) is 10.3. The Kier molecular flexibility index (Phi) is 20.9. The lowest BCUT2D eigenvalue weighted by Crippen LogP contribution is -2.31. The van der Waals surface area contributed by atoms with Gasteiger partial charge in [-0.25, -0.2) is 0 Å². The van der Waals surface area contributed by atoms with Crippen LogP contribution in [0.25, 0.3) is 0 Å². The van der Waals surface area contributed by atoms with Crippen molar-refractivity contribution in [2.75, 3.05) is 31.6 Å². The van der Waals surface area contributed by atoms with Crippen LogP contribution in [0.5, 0.6) is 0 Å². The van der Waals surface area contributed by atoms with Gasteiger partial charge in [0.15, 0.2) is 6.10 Å². The molecule has 0 saturated heterocycles. The van der Waals surface area contributed by atoms with E-state index >= 15 is 0 Å². The molecule has 2 aliphatic rings. The van der Waals surface area contributed by atoms with Gasteiger partial charge in [-0.1, -0.05) is 52.8 Å². The van der Waals surface area contributed by atoms with Crippen LogP contribution in [0.2, 0.25) is 0 Å². The van der Waals surface area contributed by atoms with E-state index in [1.54, 1.807) is 13.1 Å². The number of carbonyl (C=O) groups is 3. The highest BCUT2D eigenvalue weighted by atomic mass is 16.5. The van der Waals surface area contributed by atoms with E-state index in [4.69, 9.17) is 10.00 Å². The summed E-state index contributed by atoms with van der Waals surface area (Å²) in [7, 11) is 1.48. The third-order valence-electron chi connectivity index (χ3n) is 6.81. The predicted molar refractivity (Wildman–Crippen MR) is 176 cm³/mol. The van der Waals surface area contributed by atoms with Gasteiger partial charge in [-0.3, -0.25) is 9.59 Å². The maximum Gasteiger partial charge on any atom is 0.214 e. The lowest BCUT2D eigenvalue weighted by atomic mass is 10.0. The van der Waals surface area contributed by atoms with E-state index in [9.17, 15) is 14.4 Å². The number of nitriles is 1. The molecule has 1 heterocycles. The standard InChI is InChI=1S/C19H25N3O2.C11H15NO2.C3H8.C2H6/c1-4-15(2)21-9-7-16-5-6-18(11-17(16)8-10-21)22(14-23)13-19(12-20)24-3;1-9(8-14)7-12(11-3-4-11)10(2)5-6-13;1-3-2;1-2/h4-6,11,14,19H,7-10,13H2,1-3H3;6-8,11H,2-5H2,1H3;3H2,1-2H3;1-2H3/b15-4+;9-7+;;. The molecule has 8 nitrogen and oxygen atoms in total. The highest BCUT2D eigenvalue weighted by Gasteiger charge is 2.28. The van der Waals surface area contributed by atoms with Crippen LogP contribution < -0.4 is 4.90 Å². The minimum atomic E-state index is -0.623. The molecule has 1 aliphatic heterocycles. The fourth-order valence-electron chi connectivity index (χ4n) is 4.24. The van der Waals surface area contributed by atoms with E-state index in [1.807, 2.05) is 30.9 Å². The Morgan fingerprint density at radius 1 is 1.14 bits per heavy atom. The maximum absolute atomic E-state index is 11.4. The Labute approximate surface area is 260 Å². The molecular formula is C35H54N4O4. The molecule has 1 amide bonds. The van der Waals surface area contributed by atoms with E-state index < -0.39 is 6.10 Å². The number of hydrogen-bond donors (Lipinski definition) is 0. The summed E-state index contributed by atoms with van der Waals surface area (Å²) in [5, 5.41) is 9.02. The van der Waals surface area contributed by atoms with Crippen LogP contribution in [0.1, 0.15) is 85.3 Å². The third-order valence-corrected chi connectivity index (χ3v) is 6.81. The molecular weight excluding hydrogens is 540 g/mol. The summed E-state index contributed by atoms with van der Waals surface area (Å²) in [5.74, 6) is 0. The Hall–Kier alpha value is -3.70. The first-order valence-corrected chi connectivity index (χ1v) is 15.4. The quantitative estimate of drug-likeness (QED) is 0.199. The van der Waals surface area contributed by atoms with Gasteiger partial charge in [0, 0.05) is 61.5 Å². The number of carbonyl (C=O) groups excluding carboxylic acids is 3. The summed E-state index contributed by atoms with van der Waals surface area (Å²) >= 11 is 0. The second-order valence-corrected chi connectivity index (χ2v) is 10.3. The number of fused-ring (bicyclic) bond motifs is 1. The fourth-order valence-corrected chi connectivity index (χ4v) is 4.24. The van der Waals surface area contributed by atoms with Gasteiger partial charge in [-0.15, -0.1) is 0 Å². The molecule has 0 aromatic heterocycles.